The minimum absolute atomic E-state index is 0.195. The van der Waals surface area contributed by atoms with Crippen LogP contribution >= 0.6 is 0 Å². The molecule has 0 spiro atoms. The van der Waals surface area contributed by atoms with Crippen LogP contribution in [-0.4, -0.2) is 59.7 Å². The van der Waals surface area contributed by atoms with E-state index in [-0.39, 0.29) is 29.6 Å². The molecule has 4 N–H and O–H groups in total. The fourth-order valence-electron chi connectivity index (χ4n) is 3.20. The van der Waals surface area contributed by atoms with Gasteiger partial charge in [0.25, 0.3) is 0 Å². The van der Waals surface area contributed by atoms with E-state index in [2.05, 4.69) is 0 Å². The zero-order chi connectivity index (χ0) is 21.5. The molecule has 27 heavy (non-hydrogen) atoms. The third kappa shape index (κ3) is 8.28. The van der Waals surface area contributed by atoms with Crippen molar-refractivity contribution in [2.75, 3.05) is 14.1 Å². The number of carbonyl (C=O) groups is 3. The first-order chi connectivity index (χ1) is 12.3. The molecule has 0 radical (unpaired) electrons. The van der Waals surface area contributed by atoms with Gasteiger partial charge in [-0.1, -0.05) is 41.5 Å². The molecule has 0 bridgehead atoms. The summed E-state index contributed by atoms with van der Waals surface area (Å²) in [5.74, 6) is -0.379. The van der Waals surface area contributed by atoms with Crippen molar-refractivity contribution in [3.05, 3.63) is 0 Å². The van der Waals surface area contributed by atoms with E-state index >= 15 is 0 Å². The van der Waals surface area contributed by atoms with E-state index in [1.54, 1.807) is 14.1 Å². The minimum Gasteiger partial charge on any atom is -0.368 e. The molecule has 3 amide bonds. The van der Waals surface area contributed by atoms with E-state index in [9.17, 15) is 14.4 Å². The molecule has 0 fully saturated rings. The van der Waals surface area contributed by atoms with Crippen molar-refractivity contribution in [2.24, 2.45) is 29.2 Å². The molecule has 0 aliphatic carbocycles. The molecule has 0 aromatic carbocycles. The number of amides is 3. The molecule has 0 aliphatic rings. The van der Waals surface area contributed by atoms with Crippen molar-refractivity contribution in [3.63, 3.8) is 0 Å². The van der Waals surface area contributed by atoms with Gasteiger partial charge in [0.15, 0.2) is 0 Å². The van der Waals surface area contributed by atoms with E-state index in [0.717, 1.165) is 0 Å². The number of hydrogen-bond donors (Lipinski definition) is 2. The summed E-state index contributed by atoms with van der Waals surface area (Å²) in [5.41, 5.74) is 11.6. The second-order valence-corrected chi connectivity index (χ2v) is 8.83. The molecule has 158 valence electrons. The first kappa shape index (κ1) is 25.4. The molecule has 0 aromatic rings. The van der Waals surface area contributed by atoms with Gasteiger partial charge in [-0.15, -0.1) is 0 Å². The summed E-state index contributed by atoms with van der Waals surface area (Å²) in [6.45, 7) is 11.9. The maximum Gasteiger partial charge on any atom is 0.245 e. The second-order valence-electron chi connectivity index (χ2n) is 8.83. The van der Waals surface area contributed by atoms with Crippen LogP contribution in [0.15, 0.2) is 0 Å². The maximum absolute atomic E-state index is 13.2. The average Bonchev–Trinajstić information content (AvgIpc) is 2.53. The predicted molar refractivity (Wildman–Crippen MR) is 109 cm³/mol. The summed E-state index contributed by atoms with van der Waals surface area (Å²) in [6, 6.07) is -2.01. The van der Waals surface area contributed by atoms with Gasteiger partial charge in [-0.3, -0.25) is 14.4 Å². The SMILES string of the molecule is CC(C)CC(N)C(=O)N(C)C(CC(C)C)C(=O)N(C)C(CC(C)C)C(N)=O. The molecule has 0 heterocycles. The molecular weight excluding hydrogens is 344 g/mol. The zero-order valence-corrected chi connectivity index (χ0v) is 18.4. The molecule has 0 aromatic heterocycles. The second kappa shape index (κ2) is 11.3. The Labute approximate surface area is 164 Å². The molecule has 0 saturated heterocycles. The van der Waals surface area contributed by atoms with Crippen LogP contribution < -0.4 is 11.5 Å². The van der Waals surface area contributed by atoms with Gasteiger partial charge in [-0.25, -0.2) is 0 Å². The van der Waals surface area contributed by atoms with Crippen molar-refractivity contribution >= 4 is 17.7 Å². The van der Waals surface area contributed by atoms with Crippen molar-refractivity contribution in [1.29, 1.82) is 0 Å². The summed E-state index contributed by atoms with van der Waals surface area (Å²) in [4.78, 5) is 40.7. The smallest absolute Gasteiger partial charge is 0.245 e. The van der Waals surface area contributed by atoms with E-state index in [4.69, 9.17) is 11.5 Å². The lowest BCUT2D eigenvalue weighted by molar-refractivity contribution is -0.148. The lowest BCUT2D eigenvalue weighted by Crippen LogP contribution is -2.56. The third-order valence-electron chi connectivity index (χ3n) is 4.68. The van der Waals surface area contributed by atoms with E-state index in [0.29, 0.717) is 19.3 Å². The van der Waals surface area contributed by atoms with E-state index < -0.39 is 24.0 Å². The molecular formula is C20H40N4O3. The van der Waals surface area contributed by atoms with Crippen LogP contribution in [0.25, 0.3) is 0 Å². The highest BCUT2D eigenvalue weighted by Gasteiger charge is 2.35. The molecule has 0 saturated carbocycles. The highest BCUT2D eigenvalue weighted by atomic mass is 16.2. The van der Waals surface area contributed by atoms with Crippen molar-refractivity contribution in [1.82, 2.24) is 9.80 Å². The third-order valence-corrected chi connectivity index (χ3v) is 4.68. The predicted octanol–water partition coefficient (Wildman–Crippen LogP) is 1.59. The molecule has 7 heteroatoms. The van der Waals surface area contributed by atoms with Gasteiger partial charge in [0.05, 0.1) is 6.04 Å². The number of rotatable bonds is 11. The van der Waals surface area contributed by atoms with Crippen LogP contribution in [0.3, 0.4) is 0 Å². The Bertz CT molecular complexity index is 505. The first-order valence-corrected chi connectivity index (χ1v) is 9.87. The number of likely N-dealkylation sites (N-methyl/N-ethyl adjacent to an activating group) is 2. The van der Waals surface area contributed by atoms with E-state index in [1.807, 2.05) is 41.5 Å². The Morgan fingerprint density at radius 3 is 1.44 bits per heavy atom. The number of primary amides is 1. The molecule has 3 atom stereocenters. The van der Waals surface area contributed by atoms with Gasteiger partial charge in [0.2, 0.25) is 17.7 Å². The van der Waals surface area contributed by atoms with Gasteiger partial charge in [0.1, 0.15) is 12.1 Å². The van der Waals surface area contributed by atoms with Crippen molar-refractivity contribution in [2.45, 2.75) is 78.9 Å². The number of nitrogens with zero attached hydrogens (tertiary/aromatic N) is 2. The Kier molecular flexibility index (Phi) is 10.6. The minimum atomic E-state index is -0.694. The zero-order valence-electron chi connectivity index (χ0n) is 18.4. The topological polar surface area (TPSA) is 110 Å². The summed E-state index contributed by atoms with van der Waals surface area (Å²) in [6.07, 6.45) is 1.53. The highest BCUT2D eigenvalue weighted by Crippen LogP contribution is 2.18. The monoisotopic (exact) mass is 384 g/mol. The van der Waals surface area contributed by atoms with Crippen molar-refractivity contribution in [3.8, 4) is 0 Å². The van der Waals surface area contributed by atoms with Gasteiger partial charge in [-0.2, -0.15) is 0 Å². The van der Waals surface area contributed by atoms with Crippen molar-refractivity contribution < 1.29 is 14.4 Å². The van der Waals surface area contributed by atoms with E-state index in [1.165, 1.54) is 9.80 Å². The highest BCUT2D eigenvalue weighted by molar-refractivity contribution is 5.92. The Hall–Kier alpha value is -1.63. The normalized spacial score (nSPS) is 15.0. The van der Waals surface area contributed by atoms with Crippen LogP contribution in [0, 0.1) is 17.8 Å². The Balaban J connectivity index is 5.55. The average molecular weight is 385 g/mol. The summed E-state index contributed by atoms with van der Waals surface area (Å²) >= 11 is 0. The maximum atomic E-state index is 13.2. The van der Waals surface area contributed by atoms with Gasteiger partial charge in [0, 0.05) is 14.1 Å². The lowest BCUT2D eigenvalue weighted by atomic mass is 9.97. The Morgan fingerprint density at radius 2 is 1.07 bits per heavy atom. The number of carbonyl (C=O) groups excluding carboxylic acids is 3. The summed E-state index contributed by atoms with van der Waals surface area (Å²) in [7, 11) is 3.20. The Morgan fingerprint density at radius 1 is 0.704 bits per heavy atom. The van der Waals surface area contributed by atoms with Gasteiger partial charge in [-0.05, 0) is 37.0 Å². The molecule has 0 aliphatic heterocycles. The fraction of sp³-hybridized carbons (Fsp3) is 0.850. The molecule has 0 rings (SSSR count). The van der Waals surface area contributed by atoms with Gasteiger partial charge >= 0.3 is 0 Å². The summed E-state index contributed by atoms with van der Waals surface area (Å²) < 4.78 is 0. The fourth-order valence-corrected chi connectivity index (χ4v) is 3.20. The summed E-state index contributed by atoms with van der Waals surface area (Å²) in [5, 5.41) is 0. The molecule has 3 unspecified atom stereocenters. The lowest BCUT2D eigenvalue weighted by Gasteiger charge is -2.36. The quantitative estimate of drug-likeness (QED) is 0.563. The molecule has 7 nitrogen and oxygen atoms in total. The van der Waals surface area contributed by atoms with Crippen LogP contribution in [0.1, 0.15) is 60.8 Å². The van der Waals surface area contributed by atoms with Crippen LogP contribution in [0.5, 0.6) is 0 Å². The first-order valence-electron chi connectivity index (χ1n) is 9.87. The number of hydrogen-bond acceptors (Lipinski definition) is 4. The largest absolute Gasteiger partial charge is 0.368 e. The number of nitrogens with two attached hydrogens (primary N) is 2. The standard InChI is InChI=1S/C20H40N4O3/c1-12(2)9-15(21)19(26)24(8)17(11-14(5)6)20(27)23(7)16(18(22)25)10-13(3)4/h12-17H,9-11,21H2,1-8H3,(H2,22,25). The van der Waals surface area contributed by atoms with Crippen LogP contribution in [0.2, 0.25) is 0 Å². The van der Waals surface area contributed by atoms with Crippen LogP contribution in [-0.2, 0) is 14.4 Å². The van der Waals surface area contributed by atoms with Gasteiger partial charge < -0.3 is 21.3 Å². The van der Waals surface area contributed by atoms with Crippen LogP contribution in [0.4, 0.5) is 0 Å².